The van der Waals surface area contributed by atoms with Crippen molar-refractivity contribution < 1.29 is 9.53 Å². The van der Waals surface area contributed by atoms with Crippen LogP contribution in [0.4, 0.5) is 0 Å². The summed E-state index contributed by atoms with van der Waals surface area (Å²) in [5.41, 5.74) is 0.687. The summed E-state index contributed by atoms with van der Waals surface area (Å²) in [6, 6.07) is 7.39. The molecule has 0 bridgehead atoms. The van der Waals surface area contributed by atoms with Crippen LogP contribution in [-0.4, -0.2) is 20.3 Å². The van der Waals surface area contributed by atoms with E-state index in [1.807, 2.05) is 25.1 Å². The van der Waals surface area contributed by atoms with Gasteiger partial charge in [-0.05, 0) is 39.8 Å². The lowest BCUT2D eigenvalue weighted by Gasteiger charge is -2.17. The topological polar surface area (TPSA) is 66.1 Å². The van der Waals surface area contributed by atoms with Gasteiger partial charge in [-0.3, -0.25) is 19.0 Å². The van der Waals surface area contributed by atoms with Crippen LogP contribution < -0.4 is 10.3 Å². The SMILES string of the molecule is Cc1sc(-c2cccc(Cl)c2)nc1-c1c(OC(=O)C(C)(C)C)n(C)n(C)c1=O. The average Bonchev–Trinajstić information content (AvgIpc) is 3.08. The monoisotopic (exact) mass is 419 g/mol. The van der Waals surface area contributed by atoms with Crippen molar-refractivity contribution in [2.45, 2.75) is 27.7 Å². The van der Waals surface area contributed by atoms with Gasteiger partial charge >= 0.3 is 5.97 Å². The lowest BCUT2D eigenvalue weighted by Crippen LogP contribution is -2.26. The van der Waals surface area contributed by atoms with Gasteiger partial charge in [-0.25, -0.2) is 4.98 Å². The molecule has 0 spiro atoms. The van der Waals surface area contributed by atoms with E-state index >= 15 is 0 Å². The van der Waals surface area contributed by atoms with Gasteiger partial charge in [0, 0.05) is 29.6 Å². The van der Waals surface area contributed by atoms with Crippen LogP contribution in [-0.2, 0) is 18.9 Å². The Morgan fingerprint density at radius 2 is 1.89 bits per heavy atom. The van der Waals surface area contributed by atoms with Gasteiger partial charge in [0.2, 0.25) is 5.88 Å². The van der Waals surface area contributed by atoms with E-state index < -0.39 is 11.4 Å². The van der Waals surface area contributed by atoms with Gasteiger partial charge in [-0.2, -0.15) is 0 Å². The number of carbonyl (C=O) groups is 1. The largest absolute Gasteiger partial charge is 0.406 e. The molecule has 2 aromatic heterocycles. The Morgan fingerprint density at radius 3 is 2.50 bits per heavy atom. The van der Waals surface area contributed by atoms with Crippen molar-refractivity contribution in [1.29, 1.82) is 0 Å². The molecule has 0 radical (unpaired) electrons. The lowest BCUT2D eigenvalue weighted by atomic mass is 9.97. The predicted molar refractivity (Wildman–Crippen MR) is 112 cm³/mol. The van der Waals surface area contributed by atoms with Gasteiger partial charge in [-0.1, -0.05) is 23.7 Å². The fourth-order valence-corrected chi connectivity index (χ4v) is 3.73. The number of nitrogens with zero attached hydrogens (tertiary/aromatic N) is 3. The molecule has 3 aromatic rings. The second-order valence-electron chi connectivity index (χ2n) is 7.61. The van der Waals surface area contributed by atoms with Gasteiger partial charge in [0.15, 0.2) is 0 Å². The van der Waals surface area contributed by atoms with E-state index in [9.17, 15) is 9.59 Å². The van der Waals surface area contributed by atoms with Gasteiger partial charge in [-0.15, -0.1) is 11.3 Å². The Balaban J connectivity index is 2.16. The average molecular weight is 420 g/mol. The second kappa shape index (κ2) is 7.22. The lowest BCUT2D eigenvalue weighted by molar-refractivity contribution is -0.143. The molecule has 0 saturated heterocycles. The molecule has 0 amide bonds. The summed E-state index contributed by atoms with van der Waals surface area (Å²) >= 11 is 7.56. The van der Waals surface area contributed by atoms with Gasteiger partial charge in [0.1, 0.15) is 10.6 Å². The van der Waals surface area contributed by atoms with Crippen LogP contribution in [0.25, 0.3) is 21.8 Å². The molecular weight excluding hydrogens is 398 g/mol. The summed E-state index contributed by atoms with van der Waals surface area (Å²) in [7, 11) is 3.30. The van der Waals surface area contributed by atoms with Crippen LogP contribution in [0.3, 0.4) is 0 Å². The highest BCUT2D eigenvalue weighted by Gasteiger charge is 2.30. The Bertz CT molecular complexity index is 1120. The van der Waals surface area contributed by atoms with Crippen molar-refractivity contribution >= 4 is 28.9 Å². The first-order valence-corrected chi connectivity index (χ1v) is 9.92. The maximum Gasteiger partial charge on any atom is 0.317 e. The zero-order valence-corrected chi connectivity index (χ0v) is 18.2. The van der Waals surface area contributed by atoms with Crippen molar-refractivity contribution in [3.05, 3.63) is 44.5 Å². The minimum Gasteiger partial charge on any atom is -0.406 e. The van der Waals surface area contributed by atoms with E-state index in [0.29, 0.717) is 10.7 Å². The summed E-state index contributed by atoms with van der Waals surface area (Å²) in [6.07, 6.45) is 0. The van der Waals surface area contributed by atoms with E-state index in [1.54, 1.807) is 40.9 Å². The molecule has 0 aliphatic heterocycles. The number of hydrogen-bond donors (Lipinski definition) is 0. The zero-order chi connectivity index (χ0) is 20.8. The highest BCUT2D eigenvalue weighted by atomic mass is 35.5. The zero-order valence-electron chi connectivity index (χ0n) is 16.7. The van der Waals surface area contributed by atoms with E-state index in [2.05, 4.69) is 4.98 Å². The molecular formula is C20H22ClN3O3S. The Labute approximate surface area is 172 Å². The number of aromatic nitrogens is 3. The second-order valence-corrected chi connectivity index (χ2v) is 9.25. The summed E-state index contributed by atoms with van der Waals surface area (Å²) < 4.78 is 8.56. The molecule has 28 heavy (non-hydrogen) atoms. The van der Waals surface area contributed by atoms with Crippen molar-refractivity contribution in [2.75, 3.05) is 0 Å². The van der Waals surface area contributed by atoms with Crippen LogP contribution >= 0.6 is 22.9 Å². The minimum absolute atomic E-state index is 0.193. The minimum atomic E-state index is -0.702. The molecule has 2 heterocycles. The molecule has 0 saturated carbocycles. The molecule has 0 atom stereocenters. The van der Waals surface area contributed by atoms with Crippen LogP contribution in [0.1, 0.15) is 25.6 Å². The number of thiazole rings is 1. The van der Waals surface area contributed by atoms with E-state index in [4.69, 9.17) is 16.3 Å². The summed E-state index contributed by atoms with van der Waals surface area (Å²) in [6.45, 7) is 7.19. The van der Waals surface area contributed by atoms with Crippen molar-refractivity contribution in [3.63, 3.8) is 0 Å². The number of hydrogen-bond acceptors (Lipinski definition) is 5. The highest BCUT2D eigenvalue weighted by molar-refractivity contribution is 7.15. The Kier molecular flexibility index (Phi) is 5.25. The summed E-state index contributed by atoms with van der Waals surface area (Å²) in [5.74, 6) is -0.226. The molecule has 0 N–H and O–H groups in total. The fourth-order valence-electron chi connectivity index (χ4n) is 2.62. The smallest absolute Gasteiger partial charge is 0.317 e. The van der Waals surface area contributed by atoms with Crippen molar-refractivity contribution in [3.8, 4) is 27.7 Å². The molecule has 148 valence electrons. The van der Waals surface area contributed by atoms with Crippen molar-refractivity contribution in [2.24, 2.45) is 19.5 Å². The van der Waals surface area contributed by atoms with Crippen LogP contribution in [0, 0.1) is 12.3 Å². The molecule has 0 aliphatic carbocycles. The summed E-state index contributed by atoms with van der Waals surface area (Å²) in [5, 5.41) is 1.36. The first-order chi connectivity index (χ1) is 13.0. The first kappa shape index (κ1) is 20.4. The Hall–Kier alpha value is -2.38. The normalized spacial score (nSPS) is 11.7. The first-order valence-electron chi connectivity index (χ1n) is 8.72. The standard InChI is InChI=1S/C20H22ClN3O3S/c1-11-15(22-16(28-11)12-8-7-9-13(21)10-12)14-17(25)23(5)24(6)18(14)27-19(26)20(2,3)4/h7-10H,1-6H3. The number of benzene rings is 1. The van der Waals surface area contributed by atoms with E-state index in [1.165, 1.54) is 20.7 Å². The predicted octanol–water partition coefficient (Wildman–Crippen LogP) is 4.43. The van der Waals surface area contributed by atoms with Crippen LogP contribution in [0.5, 0.6) is 5.88 Å². The summed E-state index contributed by atoms with van der Waals surface area (Å²) in [4.78, 5) is 30.9. The van der Waals surface area contributed by atoms with E-state index in [0.717, 1.165) is 15.4 Å². The molecule has 0 unspecified atom stereocenters. The molecule has 3 rings (SSSR count). The maximum atomic E-state index is 12.9. The van der Waals surface area contributed by atoms with E-state index in [-0.39, 0.29) is 17.0 Å². The number of esters is 1. The van der Waals surface area contributed by atoms with Crippen LogP contribution in [0.2, 0.25) is 5.02 Å². The van der Waals surface area contributed by atoms with Gasteiger partial charge in [0.05, 0.1) is 11.1 Å². The molecule has 6 nitrogen and oxygen atoms in total. The van der Waals surface area contributed by atoms with Crippen molar-refractivity contribution in [1.82, 2.24) is 14.3 Å². The van der Waals surface area contributed by atoms with Crippen LogP contribution in [0.15, 0.2) is 29.1 Å². The van der Waals surface area contributed by atoms with Gasteiger partial charge < -0.3 is 4.74 Å². The number of carbonyl (C=O) groups excluding carboxylic acids is 1. The highest BCUT2D eigenvalue weighted by Crippen LogP contribution is 2.37. The Morgan fingerprint density at radius 1 is 1.21 bits per heavy atom. The number of rotatable bonds is 3. The maximum absolute atomic E-state index is 12.9. The quantitative estimate of drug-likeness (QED) is 0.589. The van der Waals surface area contributed by atoms with Gasteiger partial charge in [0.25, 0.3) is 5.56 Å². The molecule has 8 heteroatoms. The third kappa shape index (κ3) is 3.64. The number of ether oxygens (including phenoxy) is 1. The molecule has 0 aliphatic rings. The number of halogens is 1. The third-order valence-corrected chi connectivity index (χ3v) is 5.63. The molecule has 1 aromatic carbocycles. The third-order valence-electron chi connectivity index (χ3n) is 4.37. The number of aryl methyl sites for hydroxylation is 1. The fraction of sp³-hybridized carbons (Fsp3) is 0.350. The molecule has 0 fully saturated rings.